The van der Waals surface area contributed by atoms with Crippen LogP contribution in [0.2, 0.25) is 0 Å². The molecule has 1 amide bonds. The Labute approximate surface area is 210 Å². The van der Waals surface area contributed by atoms with E-state index in [0.717, 1.165) is 16.9 Å². The van der Waals surface area contributed by atoms with Crippen molar-refractivity contribution in [2.45, 2.75) is 32.2 Å². The first kappa shape index (κ1) is 26.2. The van der Waals surface area contributed by atoms with Gasteiger partial charge in [0.05, 0.1) is 7.11 Å². The molecule has 3 aromatic carbocycles. The van der Waals surface area contributed by atoms with E-state index >= 15 is 0 Å². The summed E-state index contributed by atoms with van der Waals surface area (Å²) in [6.45, 7) is 1.88. The summed E-state index contributed by atoms with van der Waals surface area (Å²) in [6, 6.07) is 26.4. The van der Waals surface area contributed by atoms with Gasteiger partial charge in [0.25, 0.3) is 0 Å². The van der Waals surface area contributed by atoms with E-state index in [1.165, 1.54) is 4.90 Å². The van der Waals surface area contributed by atoms with E-state index in [2.05, 4.69) is 10.2 Å². The Morgan fingerprint density at radius 3 is 2.08 bits per heavy atom. The number of benzene rings is 3. The number of amides is 1. The predicted octanol–water partition coefficient (Wildman–Crippen LogP) is 5.56. The lowest BCUT2D eigenvalue weighted by Gasteiger charge is -2.25. The maximum Gasteiger partial charge on any atom is 0.303 e. The highest BCUT2D eigenvalue weighted by molar-refractivity contribution is 5.78. The van der Waals surface area contributed by atoms with E-state index in [0.29, 0.717) is 24.4 Å². The van der Waals surface area contributed by atoms with Crippen molar-refractivity contribution in [3.63, 3.8) is 0 Å². The summed E-state index contributed by atoms with van der Waals surface area (Å²) in [4.78, 5) is 24.4. The molecule has 1 unspecified atom stereocenters. The third-order valence-electron chi connectivity index (χ3n) is 5.40. The molecule has 8 nitrogen and oxygen atoms in total. The van der Waals surface area contributed by atoms with Gasteiger partial charge >= 0.3 is 5.97 Å². The summed E-state index contributed by atoms with van der Waals surface area (Å²) < 4.78 is 10.5. The lowest BCUT2D eigenvalue weighted by Crippen LogP contribution is -2.28. The van der Waals surface area contributed by atoms with Crippen molar-refractivity contribution in [2.75, 3.05) is 12.0 Å². The molecular weight excluding hydrogens is 458 g/mol. The third kappa shape index (κ3) is 7.27. The smallest absolute Gasteiger partial charge is 0.303 e. The number of anilines is 1. The zero-order valence-electron chi connectivity index (χ0n) is 20.3. The topological polar surface area (TPSA) is 106 Å². The number of aryl methyl sites for hydroxylation is 1. The fourth-order valence-electron chi connectivity index (χ4n) is 3.51. The number of methoxy groups -OCH3 is 1. The Kier molecular flexibility index (Phi) is 9.76. The van der Waals surface area contributed by atoms with Crippen LogP contribution in [0.4, 0.5) is 5.69 Å². The number of aliphatic carboxylic acids is 1. The van der Waals surface area contributed by atoms with Crippen molar-refractivity contribution in [1.29, 1.82) is 0 Å². The van der Waals surface area contributed by atoms with Gasteiger partial charge in [-0.05, 0) is 41.8 Å². The van der Waals surface area contributed by atoms with Crippen LogP contribution in [0.25, 0.3) is 11.1 Å². The summed E-state index contributed by atoms with van der Waals surface area (Å²) in [5, 5.41) is 17.0. The number of rotatable bonds is 10. The van der Waals surface area contributed by atoms with E-state index in [-0.39, 0.29) is 18.7 Å². The zero-order chi connectivity index (χ0) is 25.8. The molecule has 4 aromatic rings. The highest BCUT2D eigenvalue weighted by atomic mass is 16.5. The Bertz CT molecular complexity index is 1210. The van der Waals surface area contributed by atoms with Crippen LogP contribution in [-0.4, -0.2) is 34.8 Å². The number of carboxylic acids is 1. The molecule has 0 spiro atoms. The van der Waals surface area contributed by atoms with Crippen LogP contribution < -0.4 is 9.64 Å². The van der Waals surface area contributed by atoms with Gasteiger partial charge in [-0.15, -0.1) is 10.2 Å². The fourth-order valence-corrected chi connectivity index (χ4v) is 3.51. The van der Waals surface area contributed by atoms with Gasteiger partial charge in [-0.3, -0.25) is 9.59 Å². The minimum Gasteiger partial charge on any atom is -0.497 e. The Morgan fingerprint density at radius 2 is 1.58 bits per heavy atom. The first-order chi connectivity index (χ1) is 17.5. The number of ether oxygens (including phenoxy) is 1. The van der Waals surface area contributed by atoms with Crippen LogP contribution in [0.1, 0.15) is 37.6 Å². The molecule has 4 rings (SSSR count). The second-order valence-corrected chi connectivity index (χ2v) is 7.78. The van der Waals surface area contributed by atoms with Crippen LogP contribution in [0, 0.1) is 0 Å². The molecule has 0 bridgehead atoms. The number of aromatic nitrogens is 2. The Morgan fingerprint density at radius 1 is 0.972 bits per heavy atom. The number of hydrogen-bond donors (Lipinski definition) is 1. The molecule has 0 saturated carbocycles. The number of para-hydroxylation sites is 1. The molecule has 0 aliphatic rings. The van der Waals surface area contributed by atoms with E-state index in [4.69, 9.17) is 14.3 Å². The van der Waals surface area contributed by atoms with Gasteiger partial charge in [0.15, 0.2) is 0 Å². The minimum absolute atomic E-state index is 0.124. The molecule has 0 aliphatic heterocycles. The Balaban J connectivity index is 0.000000383. The first-order valence-corrected chi connectivity index (χ1v) is 11.6. The molecule has 8 heteroatoms. The van der Waals surface area contributed by atoms with E-state index in [1.54, 1.807) is 7.11 Å². The summed E-state index contributed by atoms with van der Waals surface area (Å²) in [5.41, 5.74) is 2.71. The van der Waals surface area contributed by atoms with Crippen LogP contribution in [-0.2, 0) is 16.0 Å². The van der Waals surface area contributed by atoms with Gasteiger partial charge in [0.1, 0.15) is 11.8 Å². The lowest BCUT2D eigenvalue weighted by atomic mass is 10.0. The van der Waals surface area contributed by atoms with Crippen molar-refractivity contribution in [1.82, 2.24) is 10.2 Å². The SMILES string of the molecule is CCc1nnc(C(CCC(=O)O)N(C=O)c2ccc(-c3ccccc3)cc2)o1.COc1ccccc1. The standard InChI is InChI=1S/C21H21N3O4.C7H8O/c1-2-19-22-23-21(28-19)18(12-13-20(26)27)24(14-25)17-10-8-16(9-11-17)15-6-4-3-5-7-15;1-8-7-5-3-2-4-6-7/h3-11,14,18H,2,12-13H2,1H3,(H,26,27);2-6H,1H3. The third-order valence-corrected chi connectivity index (χ3v) is 5.40. The van der Waals surface area contributed by atoms with Crippen molar-refractivity contribution >= 4 is 18.1 Å². The lowest BCUT2D eigenvalue weighted by molar-refractivity contribution is -0.137. The minimum atomic E-state index is -0.953. The maximum atomic E-state index is 11.9. The molecule has 0 fully saturated rings. The molecule has 1 atom stereocenters. The number of carboxylic acid groups (broad SMARTS) is 1. The molecule has 0 saturated heterocycles. The van der Waals surface area contributed by atoms with Gasteiger partial charge in [-0.1, -0.05) is 67.6 Å². The summed E-state index contributed by atoms with van der Waals surface area (Å²) in [6.07, 6.45) is 1.27. The summed E-state index contributed by atoms with van der Waals surface area (Å²) in [5.74, 6) is 0.635. The number of hydrogen-bond acceptors (Lipinski definition) is 6. The average Bonchev–Trinajstić information content (AvgIpc) is 3.41. The summed E-state index contributed by atoms with van der Waals surface area (Å²) >= 11 is 0. The Hall–Kier alpha value is -4.46. The van der Waals surface area contributed by atoms with Gasteiger partial charge in [0.2, 0.25) is 18.2 Å². The van der Waals surface area contributed by atoms with Crippen LogP contribution in [0.5, 0.6) is 5.75 Å². The molecule has 0 aliphatic carbocycles. The molecule has 0 radical (unpaired) electrons. The predicted molar refractivity (Wildman–Crippen MR) is 137 cm³/mol. The molecular formula is C28H29N3O5. The van der Waals surface area contributed by atoms with Crippen molar-refractivity contribution in [3.05, 3.63) is 96.7 Å². The van der Waals surface area contributed by atoms with Crippen molar-refractivity contribution < 1.29 is 23.8 Å². The average molecular weight is 488 g/mol. The highest BCUT2D eigenvalue weighted by Crippen LogP contribution is 2.31. The van der Waals surface area contributed by atoms with Crippen LogP contribution in [0.15, 0.2) is 89.3 Å². The van der Waals surface area contributed by atoms with Crippen molar-refractivity contribution in [2.24, 2.45) is 0 Å². The largest absolute Gasteiger partial charge is 0.497 e. The highest BCUT2D eigenvalue weighted by Gasteiger charge is 2.27. The van der Waals surface area contributed by atoms with Crippen LogP contribution >= 0.6 is 0 Å². The molecule has 1 N–H and O–H groups in total. The molecule has 1 aromatic heterocycles. The van der Waals surface area contributed by atoms with Gasteiger partial charge in [-0.2, -0.15) is 0 Å². The molecule has 1 heterocycles. The van der Waals surface area contributed by atoms with Gasteiger partial charge in [-0.25, -0.2) is 0 Å². The first-order valence-electron chi connectivity index (χ1n) is 11.6. The van der Waals surface area contributed by atoms with E-state index < -0.39 is 12.0 Å². The second kappa shape index (κ2) is 13.4. The molecule has 36 heavy (non-hydrogen) atoms. The monoisotopic (exact) mass is 487 g/mol. The van der Waals surface area contributed by atoms with E-state index in [9.17, 15) is 9.59 Å². The second-order valence-electron chi connectivity index (χ2n) is 7.78. The number of nitrogens with zero attached hydrogens (tertiary/aromatic N) is 3. The van der Waals surface area contributed by atoms with Crippen LogP contribution in [0.3, 0.4) is 0 Å². The summed E-state index contributed by atoms with van der Waals surface area (Å²) in [7, 11) is 1.66. The van der Waals surface area contributed by atoms with Gasteiger partial charge < -0.3 is 19.2 Å². The normalized spacial score (nSPS) is 11.1. The molecule has 186 valence electrons. The maximum absolute atomic E-state index is 11.9. The quantitative estimate of drug-likeness (QED) is 0.292. The number of carbonyl (C=O) groups excluding carboxylic acids is 1. The van der Waals surface area contributed by atoms with Crippen molar-refractivity contribution in [3.8, 4) is 16.9 Å². The van der Waals surface area contributed by atoms with E-state index in [1.807, 2.05) is 91.9 Å². The zero-order valence-corrected chi connectivity index (χ0v) is 20.3. The fraction of sp³-hybridized carbons (Fsp3) is 0.214. The number of carbonyl (C=O) groups is 2. The van der Waals surface area contributed by atoms with Gasteiger partial charge in [0, 0.05) is 18.5 Å².